The molecule has 8 nitrogen and oxygen atoms in total. The van der Waals surface area contributed by atoms with E-state index < -0.39 is 10.0 Å². The normalized spacial score (nSPS) is 17.7. The summed E-state index contributed by atoms with van der Waals surface area (Å²) in [5.74, 6) is 1.29. The molecule has 2 fully saturated rings. The Labute approximate surface area is 193 Å². The number of aromatic nitrogens is 2. The van der Waals surface area contributed by atoms with Gasteiger partial charge in [-0.2, -0.15) is 9.29 Å². The van der Waals surface area contributed by atoms with Crippen molar-refractivity contribution < 1.29 is 17.7 Å². The standard InChI is InChI=1S/C24H26N4O4S/c29-23(25-16-17-4-2-1-3-5-17)19-12-14-28(15-13-19)33(30,31)21-10-8-18(9-11-21)22-26-24(32-27-22)20-6-7-20/h1-5,8-11,19-20H,6-7,12-16H2,(H,25,29). The predicted octanol–water partition coefficient (Wildman–Crippen LogP) is 3.33. The molecule has 172 valence electrons. The van der Waals surface area contributed by atoms with E-state index in [1.54, 1.807) is 24.3 Å². The second-order valence-corrected chi connectivity index (χ2v) is 10.6. The summed E-state index contributed by atoms with van der Waals surface area (Å²) in [6.45, 7) is 1.12. The molecule has 1 N–H and O–H groups in total. The van der Waals surface area contributed by atoms with E-state index >= 15 is 0 Å². The monoisotopic (exact) mass is 466 g/mol. The van der Waals surface area contributed by atoms with Crippen molar-refractivity contribution in [3.63, 3.8) is 0 Å². The van der Waals surface area contributed by atoms with Gasteiger partial charge in [0.05, 0.1) is 4.90 Å². The van der Waals surface area contributed by atoms with Gasteiger partial charge in [-0.25, -0.2) is 8.42 Å². The Morgan fingerprint density at radius 2 is 1.70 bits per heavy atom. The fourth-order valence-corrected chi connectivity index (χ4v) is 5.53. The van der Waals surface area contributed by atoms with Crippen molar-refractivity contribution in [2.45, 2.75) is 43.0 Å². The van der Waals surface area contributed by atoms with Crippen LogP contribution >= 0.6 is 0 Å². The summed E-state index contributed by atoms with van der Waals surface area (Å²) in [6, 6.07) is 16.3. The van der Waals surface area contributed by atoms with Gasteiger partial charge in [0.25, 0.3) is 0 Å². The van der Waals surface area contributed by atoms with Crippen LogP contribution in [0.5, 0.6) is 0 Å². The number of piperidine rings is 1. The summed E-state index contributed by atoms with van der Waals surface area (Å²) in [5, 5.41) is 6.97. The summed E-state index contributed by atoms with van der Waals surface area (Å²) in [5.41, 5.74) is 1.76. The molecule has 1 aromatic heterocycles. The highest BCUT2D eigenvalue weighted by Gasteiger charge is 2.32. The fraction of sp³-hybridized carbons (Fsp3) is 0.375. The van der Waals surface area contributed by atoms with Crippen LogP contribution in [0.25, 0.3) is 11.4 Å². The van der Waals surface area contributed by atoms with E-state index in [9.17, 15) is 13.2 Å². The van der Waals surface area contributed by atoms with Crippen LogP contribution in [-0.4, -0.2) is 41.9 Å². The zero-order chi connectivity index (χ0) is 22.8. The Hall–Kier alpha value is -3.04. The number of benzene rings is 2. The summed E-state index contributed by atoms with van der Waals surface area (Å²) in [4.78, 5) is 17.2. The van der Waals surface area contributed by atoms with Gasteiger partial charge in [-0.05, 0) is 55.5 Å². The van der Waals surface area contributed by atoms with Gasteiger partial charge in [-0.3, -0.25) is 4.79 Å². The Morgan fingerprint density at radius 1 is 1.00 bits per heavy atom. The Kier molecular flexibility index (Phi) is 5.99. The molecule has 2 aliphatic rings. The van der Waals surface area contributed by atoms with Crippen LogP contribution in [0.1, 0.15) is 43.1 Å². The largest absolute Gasteiger partial charge is 0.352 e. The molecule has 1 aliphatic carbocycles. The molecule has 3 aromatic rings. The number of sulfonamides is 1. The third-order valence-corrected chi connectivity index (χ3v) is 8.17. The van der Waals surface area contributed by atoms with E-state index in [-0.39, 0.29) is 16.7 Å². The van der Waals surface area contributed by atoms with E-state index in [0.717, 1.165) is 24.0 Å². The molecule has 0 unspecified atom stereocenters. The number of nitrogens with zero attached hydrogens (tertiary/aromatic N) is 3. The van der Waals surface area contributed by atoms with Crippen molar-refractivity contribution in [3.05, 3.63) is 66.1 Å². The van der Waals surface area contributed by atoms with Crippen LogP contribution in [0.4, 0.5) is 0 Å². The van der Waals surface area contributed by atoms with Gasteiger partial charge in [-0.1, -0.05) is 35.5 Å². The van der Waals surface area contributed by atoms with Gasteiger partial charge < -0.3 is 9.84 Å². The number of nitrogens with one attached hydrogen (secondary N) is 1. The quantitative estimate of drug-likeness (QED) is 0.573. The molecule has 0 atom stereocenters. The molecule has 1 amide bonds. The van der Waals surface area contributed by atoms with E-state index in [1.807, 2.05) is 30.3 Å². The fourth-order valence-electron chi connectivity index (χ4n) is 4.06. The summed E-state index contributed by atoms with van der Waals surface area (Å²) in [7, 11) is -3.63. The molecule has 1 saturated carbocycles. The van der Waals surface area contributed by atoms with Crippen LogP contribution in [-0.2, 0) is 21.4 Å². The first kappa shape index (κ1) is 21.8. The predicted molar refractivity (Wildman–Crippen MR) is 121 cm³/mol. The van der Waals surface area contributed by atoms with Gasteiger partial charge in [-0.15, -0.1) is 0 Å². The number of hydrogen-bond donors (Lipinski definition) is 1. The minimum Gasteiger partial charge on any atom is -0.352 e. The highest BCUT2D eigenvalue weighted by atomic mass is 32.2. The lowest BCUT2D eigenvalue weighted by Crippen LogP contribution is -2.42. The third kappa shape index (κ3) is 4.84. The number of rotatable bonds is 7. The zero-order valence-electron chi connectivity index (χ0n) is 18.2. The summed E-state index contributed by atoms with van der Waals surface area (Å²) < 4.78 is 32.9. The molecular weight excluding hydrogens is 440 g/mol. The van der Waals surface area contributed by atoms with Crippen molar-refractivity contribution in [1.82, 2.24) is 19.8 Å². The van der Waals surface area contributed by atoms with E-state index in [1.165, 1.54) is 4.31 Å². The third-order valence-electron chi connectivity index (χ3n) is 6.25. The first-order valence-corrected chi connectivity index (χ1v) is 12.7. The lowest BCUT2D eigenvalue weighted by atomic mass is 9.97. The maximum atomic E-state index is 13.1. The van der Waals surface area contributed by atoms with Crippen LogP contribution < -0.4 is 5.32 Å². The van der Waals surface area contributed by atoms with Crippen LogP contribution in [0, 0.1) is 5.92 Å². The molecule has 9 heteroatoms. The summed E-state index contributed by atoms with van der Waals surface area (Å²) in [6.07, 6.45) is 3.16. The molecule has 2 aromatic carbocycles. The highest BCUT2D eigenvalue weighted by Crippen LogP contribution is 2.39. The SMILES string of the molecule is O=C(NCc1ccccc1)C1CCN(S(=O)(=O)c2ccc(-c3noc(C4CC4)n3)cc2)CC1. The molecule has 0 radical (unpaired) electrons. The zero-order valence-corrected chi connectivity index (χ0v) is 19.0. The van der Waals surface area contributed by atoms with Gasteiger partial charge in [0.1, 0.15) is 0 Å². The average Bonchev–Trinajstić information content (AvgIpc) is 3.59. The van der Waals surface area contributed by atoms with Crippen molar-refractivity contribution in [2.75, 3.05) is 13.1 Å². The van der Waals surface area contributed by atoms with Crippen molar-refractivity contribution in [3.8, 4) is 11.4 Å². The van der Waals surface area contributed by atoms with Crippen molar-refractivity contribution in [2.24, 2.45) is 5.92 Å². The van der Waals surface area contributed by atoms with Crippen molar-refractivity contribution in [1.29, 1.82) is 0 Å². The molecule has 5 rings (SSSR count). The number of amides is 1. The van der Waals surface area contributed by atoms with Gasteiger partial charge in [0, 0.05) is 37.0 Å². The lowest BCUT2D eigenvalue weighted by molar-refractivity contribution is -0.126. The molecule has 0 spiro atoms. The maximum absolute atomic E-state index is 13.1. The maximum Gasteiger partial charge on any atom is 0.243 e. The number of hydrogen-bond acceptors (Lipinski definition) is 6. The average molecular weight is 467 g/mol. The van der Waals surface area contributed by atoms with Crippen LogP contribution in [0.2, 0.25) is 0 Å². The second-order valence-electron chi connectivity index (χ2n) is 8.64. The Balaban J connectivity index is 1.18. The van der Waals surface area contributed by atoms with E-state index in [0.29, 0.717) is 50.1 Å². The van der Waals surface area contributed by atoms with Crippen molar-refractivity contribution >= 4 is 15.9 Å². The van der Waals surface area contributed by atoms with Gasteiger partial charge in [0.15, 0.2) is 0 Å². The minimum absolute atomic E-state index is 0.0223. The van der Waals surface area contributed by atoms with E-state index in [4.69, 9.17) is 4.52 Å². The minimum atomic E-state index is -3.63. The number of carbonyl (C=O) groups is 1. The molecule has 33 heavy (non-hydrogen) atoms. The van der Waals surface area contributed by atoms with E-state index in [2.05, 4.69) is 15.5 Å². The Morgan fingerprint density at radius 3 is 2.36 bits per heavy atom. The van der Waals surface area contributed by atoms with Gasteiger partial charge >= 0.3 is 0 Å². The van der Waals surface area contributed by atoms with Crippen LogP contribution in [0.15, 0.2) is 64.0 Å². The molecule has 2 heterocycles. The molecule has 1 aliphatic heterocycles. The topological polar surface area (TPSA) is 105 Å². The van der Waals surface area contributed by atoms with Crippen LogP contribution in [0.3, 0.4) is 0 Å². The van der Waals surface area contributed by atoms with Gasteiger partial charge in [0.2, 0.25) is 27.6 Å². The molecular formula is C24H26N4O4S. The first-order valence-electron chi connectivity index (χ1n) is 11.3. The Bertz CT molecular complexity index is 1210. The second kappa shape index (κ2) is 9.07. The molecule has 1 saturated heterocycles. The number of carbonyl (C=O) groups excluding carboxylic acids is 1. The first-order chi connectivity index (χ1) is 16.0. The molecule has 0 bridgehead atoms. The lowest BCUT2D eigenvalue weighted by Gasteiger charge is -2.30. The highest BCUT2D eigenvalue weighted by molar-refractivity contribution is 7.89. The summed E-state index contributed by atoms with van der Waals surface area (Å²) >= 11 is 0. The smallest absolute Gasteiger partial charge is 0.243 e.